The van der Waals surface area contributed by atoms with Crippen molar-refractivity contribution in [1.29, 1.82) is 0 Å². The average Bonchev–Trinajstić information content (AvgIpc) is 3.06. The van der Waals surface area contributed by atoms with Gasteiger partial charge in [-0.3, -0.25) is 25.0 Å². The van der Waals surface area contributed by atoms with Crippen LogP contribution in [0.1, 0.15) is 45.5 Å². The molecule has 8 nitrogen and oxygen atoms in total. The van der Waals surface area contributed by atoms with E-state index in [-0.39, 0.29) is 24.8 Å². The van der Waals surface area contributed by atoms with Crippen molar-refractivity contribution in [2.45, 2.75) is 45.9 Å². The maximum absolute atomic E-state index is 12.9. The molecule has 4 amide bonds. The summed E-state index contributed by atoms with van der Waals surface area (Å²) in [4.78, 5) is 50.1. The van der Waals surface area contributed by atoms with Crippen LogP contribution in [0.15, 0.2) is 30.3 Å². The number of hydrogen-bond donors (Lipinski definition) is 2. The molecule has 2 heterocycles. The Morgan fingerprint density at radius 2 is 2.00 bits per heavy atom. The lowest BCUT2D eigenvalue weighted by Crippen LogP contribution is -2.52. The van der Waals surface area contributed by atoms with Gasteiger partial charge in [-0.25, -0.2) is 4.79 Å². The van der Waals surface area contributed by atoms with Crippen molar-refractivity contribution < 1.29 is 23.9 Å². The zero-order valence-electron chi connectivity index (χ0n) is 17.7. The van der Waals surface area contributed by atoms with Gasteiger partial charge >= 0.3 is 6.09 Å². The van der Waals surface area contributed by atoms with E-state index in [9.17, 15) is 19.2 Å². The summed E-state index contributed by atoms with van der Waals surface area (Å²) in [6, 6.07) is 8.04. The minimum Gasteiger partial charge on any atom is -0.444 e. The molecule has 1 fully saturated rings. The summed E-state index contributed by atoms with van der Waals surface area (Å²) in [6.07, 6.45) is -0.124. The Hall–Kier alpha value is -3.39. The molecule has 4 rings (SSSR count). The molecule has 0 saturated carbocycles. The van der Waals surface area contributed by atoms with Crippen LogP contribution in [0.3, 0.4) is 0 Å². The highest BCUT2D eigenvalue weighted by atomic mass is 35.5. The average molecular weight is 456 g/mol. The largest absolute Gasteiger partial charge is 0.444 e. The van der Waals surface area contributed by atoms with Crippen molar-refractivity contribution in [1.82, 2.24) is 10.2 Å². The van der Waals surface area contributed by atoms with Gasteiger partial charge in [-0.15, -0.1) is 0 Å². The first-order valence-corrected chi connectivity index (χ1v) is 10.6. The second kappa shape index (κ2) is 8.63. The number of ether oxygens (including phenoxy) is 1. The number of amides is 4. The van der Waals surface area contributed by atoms with E-state index in [0.29, 0.717) is 34.8 Å². The molecule has 2 aliphatic rings. The number of halogens is 1. The quantitative estimate of drug-likeness (QED) is 0.687. The van der Waals surface area contributed by atoms with Crippen LogP contribution in [0.4, 0.5) is 10.5 Å². The fraction of sp³-hybridized carbons (Fsp3) is 0.304. The standard InChI is InChI=1S/C23H22ClN3O5/c1-12-7-16(9-18(24)13(12)2)25-23(31)32-11-14-3-4-15-10-27(22(30)17(15)8-14)19-5-6-20(28)26-21(19)29/h3-4,7-9,19H,5-6,10-11H2,1-2H3,(H,25,31)(H,26,28,29). The number of benzene rings is 2. The molecule has 2 aromatic carbocycles. The van der Waals surface area contributed by atoms with Crippen LogP contribution in [-0.2, 0) is 27.5 Å². The lowest BCUT2D eigenvalue weighted by molar-refractivity contribution is -0.136. The van der Waals surface area contributed by atoms with E-state index >= 15 is 0 Å². The third kappa shape index (κ3) is 4.31. The van der Waals surface area contributed by atoms with E-state index in [1.165, 1.54) is 4.90 Å². The van der Waals surface area contributed by atoms with E-state index in [2.05, 4.69) is 10.6 Å². The SMILES string of the molecule is Cc1cc(NC(=O)OCc2ccc3c(c2)C(=O)N(C2CCC(=O)NC2=O)C3)cc(Cl)c1C. The van der Waals surface area contributed by atoms with E-state index < -0.39 is 18.0 Å². The summed E-state index contributed by atoms with van der Waals surface area (Å²) in [5.41, 5.74) is 4.34. The Balaban J connectivity index is 1.39. The minimum absolute atomic E-state index is 0.0244. The van der Waals surface area contributed by atoms with Gasteiger partial charge in [0, 0.05) is 29.2 Å². The first-order chi connectivity index (χ1) is 15.2. The van der Waals surface area contributed by atoms with Gasteiger partial charge in [0.2, 0.25) is 11.8 Å². The van der Waals surface area contributed by atoms with Gasteiger partial charge in [0.1, 0.15) is 12.6 Å². The number of imide groups is 1. The van der Waals surface area contributed by atoms with Gasteiger partial charge in [-0.1, -0.05) is 23.7 Å². The number of anilines is 1. The number of nitrogens with zero attached hydrogens (tertiary/aromatic N) is 1. The van der Waals surface area contributed by atoms with Crippen LogP contribution < -0.4 is 10.6 Å². The molecule has 0 spiro atoms. The maximum Gasteiger partial charge on any atom is 0.411 e. The number of hydrogen-bond acceptors (Lipinski definition) is 5. The van der Waals surface area contributed by atoms with E-state index in [1.54, 1.807) is 30.3 Å². The summed E-state index contributed by atoms with van der Waals surface area (Å²) >= 11 is 6.16. The van der Waals surface area contributed by atoms with Crippen molar-refractivity contribution in [2.24, 2.45) is 0 Å². The Morgan fingerprint density at radius 1 is 1.22 bits per heavy atom. The molecule has 2 N–H and O–H groups in total. The van der Waals surface area contributed by atoms with Gasteiger partial charge in [0.25, 0.3) is 5.91 Å². The summed E-state index contributed by atoms with van der Waals surface area (Å²) in [6.45, 7) is 4.08. The van der Waals surface area contributed by atoms with Crippen LogP contribution in [0.25, 0.3) is 0 Å². The van der Waals surface area contributed by atoms with Crippen molar-refractivity contribution in [2.75, 3.05) is 5.32 Å². The van der Waals surface area contributed by atoms with Crippen LogP contribution >= 0.6 is 11.6 Å². The topological polar surface area (TPSA) is 105 Å². The normalized spacial score (nSPS) is 17.8. The van der Waals surface area contributed by atoms with Gasteiger partial charge in [0.05, 0.1) is 0 Å². The Bertz CT molecular complexity index is 1120. The molecular weight excluding hydrogens is 434 g/mol. The summed E-state index contributed by atoms with van der Waals surface area (Å²) in [5, 5.41) is 5.48. The summed E-state index contributed by atoms with van der Waals surface area (Å²) in [7, 11) is 0. The molecule has 2 aliphatic heterocycles. The Morgan fingerprint density at radius 3 is 2.72 bits per heavy atom. The molecule has 1 atom stereocenters. The van der Waals surface area contributed by atoms with Gasteiger partial charge in [0.15, 0.2) is 0 Å². The number of piperidine rings is 1. The second-order valence-electron chi connectivity index (χ2n) is 7.99. The highest BCUT2D eigenvalue weighted by Crippen LogP contribution is 2.28. The summed E-state index contributed by atoms with van der Waals surface area (Å²) in [5.74, 6) is -1.05. The van der Waals surface area contributed by atoms with Crippen molar-refractivity contribution in [3.05, 3.63) is 63.2 Å². The van der Waals surface area contributed by atoms with Crippen molar-refractivity contribution in [3.63, 3.8) is 0 Å². The van der Waals surface area contributed by atoms with Gasteiger partial charge in [-0.05, 0) is 60.7 Å². The minimum atomic E-state index is -0.664. The molecule has 1 saturated heterocycles. The number of aryl methyl sites for hydroxylation is 1. The molecule has 1 unspecified atom stereocenters. The smallest absolute Gasteiger partial charge is 0.411 e. The molecule has 32 heavy (non-hydrogen) atoms. The molecule has 0 aromatic heterocycles. The predicted octanol–water partition coefficient (Wildman–Crippen LogP) is 3.47. The van der Waals surface area contributed by atoms with Crippen LogP contribution in [0.2, 0.25) is 5.02 Å². The highest BCUT2D eigenvalue weighted by molar-refractivity contribution is 6.31. The zero-order valence-corrected chi connectivity index (χ0v) is 18.4. The van der Waals surface area contributed by atoms with E-state index in [1.807, 2.05) is 13.8 Å². The second-order valence-corrected chi connectivity index (χ2v) is 8.40. The van der Waals surface area contributed by atoms with Gasteiger partial charge in [-0.2, -0.15) is 0 Å². The van der Waals surface area contributed by atoms with E-state index in [4.69, 9.17) is 16.3 Å². The highest BCUT2D eigenvalue weighted by Gasteiger charge is 2.39. The molecule has 0 aliphatic carbocycles. The Kier molecular flexibility index (Phi) is 5.88. The van der Waals surface area contributed by atoms with Crippen molar-refractivity contribution >= 4 is 41.1 Å². The molecule has 9 heteroatoms. The zero-order chi connectivity index (χ0) is 23.0. The van der Waals surface area contributed by atoms with Crippen LogP contribution in [0.5, 0.6) is 0 Å². The molecule has 2 aromatic rings. The summed E-state index contributed by atoms with van der Waals surface area (Å²) < 4.78 is 5.29. The molecule has 0 radical (unpaired) electrons. The number of carbonyl (C=O) groups excluding carboxylic acids is 4. The Labute approximate surface area is 189 Å². The number of rotatable bonds is 4. The lowest BCUT2D eigenvalue weighted by atomic mass is 10.0. The van der Waals surface area contributed by atoms with Crippen LogP contribution in [0, 0.1) is 13.8 Å². The predicted molar refractivity (Wildman–Crippen MR) is 117 cm³/mol. The fourth-order valence-electron chi connectivity index (χ4n) is 3.88. The number of nitrogens with one attached hydrogen (secondary N) is 2. The van der Waals surface area contributed by atoms with E-state index in [0.717, 1.165) is 16.7 Å². The monoisotopic (exact) mass is 455 g/mol. The number of carbonyl (C=O) groups is 4. The molecular formula is C23H22ClN3O5. The molecule has 166 valence electrons. The maximum atomic E-state index is 12.9. The fourth-order valence-corrected chi connectivity index (χ4v) is 4.15. The van der Waals surface area contributed by atoms with Gasteiger partial charge < -0.3 is 9.64 Å². The third-order valence-corrected chi connectivity index (χ3v) is 6.21. The first kappa shape index (κ1) is 21.8. The molecule has 0 bridgehead atoms. The first-order valence-electron chi connectivity index (χ1n) is 10.2. The lowest BCUT2D eigenvalue weighted by Gasteiger charge is -2.29. The number of fused-ring (bicyclic) bond motifs is 1. The van der Waals surface area contributed by atoms with Crippen LogP contribution in [-0.4, -0.2) is 34.8 Å². The third-order valence-electron chi connectivity index (χ3n) is 5.81. The van der Waals surface area contributed by atoms with Crippen molar-refractivity contribution in [3.8, 4) is 0 Å².